The fourth-order valence-corrected chi connectivity index (χ4v) is 5.12. The second kappa shape index (κ2) is 7.04. The van der Waals surface area contributed by atoms with Gasteiger partial charge >= 0.3 is 6.03 Å². The number of amides is 2. The lowest BCUT2D eigenvalue weighted by atomic mass is 9.99. The number of sulfonamides is 1. The maximum Gasteiger partial charge on any atom is 0.333 e. The van der Waals surface area contributed by atoms with Crippen LogP contribution in [-0.4, -0.2) is 27.0 Å². The second-order valence-corrected chi connectivity index (χ2v) is 8.93. The SMILES string of the molecule is O=C(Nc1c2c(cc3c1CCC3)CCC2)NS(=O)(=O)/C=C\C1CCCN1. The third kappa shape index (κ3) is 3.64. The molecular formula is C19H25N3O3S. The van der Waals surface area contributed by atoms with Crippen molar-refractivity contribution >= 4 is 21.7 Å². The molecule has 3 aliphatic rings. The number of aryl methyl sites for hydroxylation is 2. The van der Waals surface area contributed by atoms with Crippen LogP contribution in [0.4, 0.5) is 10.5 Å². The Kier molecular flexibility index (Phi) is 4.75. The average molecular weight is 375 g/mol. The second-order valence-electron chi connectivity index (χ2n) is 7.37. The number of benzene rings is 1. The van der Waals surface area contributed by atoms with E-state index in [4.69, 9.17) is 0 Å². The average Bonchev–Trinajstić information content (AvgIpc) is 3.33. The highest BCUT2D eigenvalue weighted by atomic mass is 32.2. The monoisotopic (exact) mass is 375 g/mol. The molecule has 1 unspecified atom stereocenters. The van der Waals surface area contributed by atoms with Gasteiger partial charge < -0.3 is 10.6 Å². The van der Waals surface area contributed by atoms with E-state index >= 15 is 0 Å². The molecule has 1 fully saturated rings. The van der Waals surface area contributed by atoms with Crippen molar-refractivity contribution in [2.45, 2.75) is 57.4 Å². The summed E-state index contributed by atoms with van der Waals surface area (Å²) in [5.74, 6) is 0. The van der Waals surface area contributed by atoms with Gasteiger partial charge in [-0.2, -0.15) is 0 Å². The Morgan fingerprint density at radius 2 is 1.77 bits per heavy atom. The molecule has 0 saturated carbocycles. The first-order valence-electron chi connectivity index (χ1n) is 9.44. The van der Waals surface area contributed by atoms with Crippen LogP contribution in [0.2, 0.25) is 0 Å². The predicted molar refractivity (Wildman–Crippen MR) is 102 cm³/mol. The summed E-state index contributed by atoms with van der Waals surface area (Å²) in [6.07, 6.45) is 9.70. The molecule has 2 amide bonds. The molecule has 1 saturated heterocycles. The minimum Gasteiger partial charge on any atom is -0.310 e. The Morgan fingerprint density at radius 1 is 1.08 bits per heavy atom. The van der Waals surface area contributed by atoms with Crippen LogP contribution < -0.4 is 15.4 Å². The normalized spacial score (nSPS) is 21.8. The maximum absolute atomic E-state index is 12.4. The van der Waals surface area contributed by atoms with E-state index in [9.17, 15) is 13.2 Å². The van der Waals surface area contributed by atoms with Crippen molar-refractivity contribution in [2.24, 2.45) is 0 Å². The van der Waals surface area contributed by atoms with Gasteiger partial charge in [-0.1, -0.05) is 12.1 Å². The molecule has 4 rings (SSSR count). The molecule has 0 radical (unpaired) electrons. The summed E-state index contributed by atoms with van der Waals surface area (Å²) >= 11 is 0. The van der Waals surface area contributed by atoms with Crippen molar-refractivity contribution in [1.29, 1.82) is 0 Å². The topological polar surface area (TPSA) is 87.3 Å². The van der Waals surface area contributed by atoms with Crippen molar-refractivity contribution in [3.8, 4) is 0 Å². The Balaban J connectivity index is 1.49. The molecule has 26 heavy (non-hydrogen) atoms. The van der Waals surface area contributed by atoms with Crippen LogP contribution in [0.5, 0.6) is 0 Å². The molecule has 140 valence electrons. The molecule has 1 atom stereocenters. The van der Waals surface area contributed by atoms with E-state index in [1.165, 1.54) is 22.3 Å². The predicted octanol–water partition coefficient (Wildman–Crippen LogP) is 2.38. The van der Waals surface area contributed by atoms with E-state index in [1.807, 2.05) is 0 Å². The number of carbonyl (C=O) groups is 1. The molecule has 0 aromatic heterocycles. The molecule has 3 N–H and O–H groups in total. The van der Waals surface area contributed by atoms with Gasteiger partial charge in [0.1, 0.15) is 0 Å². The molecular weight excluding hydrogens is 350 g/mol. The van der Waals surface area contributed by atoms with Gasteiger partial charge in [0.15, 0.2) is 0 Å². The Morgan fingerprint density at radius 3 is 2.38 bits per heavy atom. The Hall–Kier alpha value is -1.86. The van der Waals surface area contributed by atoms with E-state index in [2.05, 4.69) is 21.4 Å². The van der Waals surface area contributed by atoms with Crippen LogP contribution in [0.15, 0.2) is 17.6 Å². The number of hydrogen-bond donors (Lipinski definition) is 3. The van der Waals surface area contributed by atoms with E-state index in [-0.39, 0.29) is 6.04 Å². The minimum absolute atomic E-state index is 0.0651. The molecule has 1 aromatic rings. The lowest BCUT2D eigenvalue weighted by Crippen LogP contribution is -2.34. The fraction of sp³-hybridized carbons (Fsp3) is 0.526. The van der Waals surface area contributed by atoms with Gasteiger partial charge in [0.2, 0.25) is 0 Å². The number of hydrogen-bond acceptors (Lipinski definition) is 4. The molecule has 0 bridgehead atoms. The van der Waals surface area contributed by atoms with Gasteiger partial charge in [0, 0.05) is 17.1 Å². The Bertz CT molecular complexity index is 823. The zero-order valence-electron chi connectivity index (χ0n) is 14.8. The minimum atomic E-state index is -3.80. The van der Waals surface area contributed by atoms with Crippen LogP contribution in [0.1, 0.15) is 47.9 Å². The summed E-state index contributed by atoms with van der Waals surface area (Å²) in [5, 5.41) is 7.14. The molecule has 1 aromatic carbocycles. The zero-order chi connectivity index (χ0) is 18.1. The van der Waals surface area contributed by atoms with E-state index in [0.29, 0.717) is 0 Å². The van der Waals surface area contributed by atoms with Gasteiger partial charge in [-0.3, -0.25) is 0 Å². The van der Waals surface area contributed by atoms with Crippen LogP contribution in [-0.2, 0) is 35.7 Å². The standard InChI is InChI=1S/C19H25N3O3S/c23-19(22-26(24,25)11-9-15-6-3-10-20-15)21-18-16-7-1-4-13(16)12-14-5-2-8-17(14)18/h9,11-12,15,20H,1-8,10H2,(H2,21,22,23)/b11-9-. The van der Waals surface area contributed by atoms with Crippen LogP contribution in [0.3, 0.4) is 0 Å². The van der Waals surface area contributed by atoms with Gasteiger partial charge in [-0.05, 0) is 80.2 Å². The largest absolute Gasteiger partial charge is 0.333 e. The quantitative estimate of drug-likeness (QED) is 0.754. The van der Waals surface area contributed by atoms with Crippen molar-refractivity contribution in [2.75, 3.05) is 11.9 Å². The number of carbonyl (C=O) groups excluding carboxylic acids is 1. The first kappa shape index (κ1) is 17.5. The summed E-state index contributed by atoms with van der Waals surface area (Å²) in [6.45, 7) is 0.896. The molecule has 7 heteroatoms. The van der Waals surface area contributed by atoms with Gasteiger partial charge in [-0.25, -0.2) is 17.9 Å². The molecule has 0 spiro atoms. The highest BCUT2D eigenvalue weighted by Crippen LogP contribution is 2.38. The smallest absolute Gasteiger partial charge is 0.310 e. The summed E-state index contributed by atoms with van der Waals surface area (Å²) in [5.41, 5.74) is 5.82. The zero-order valence-corrected chi connectivity index (χ0v) is 15.6. The number of urea groups is 1. The highest BCUT2D eigenvalue weighted by molar-refractivity contribution is 7.92. The number of anilines is 1. The fourth-order valence-electron chi connectivity index (χ4n) is 4.34. The molecule has 1 aliphatic heterocycles. The van der Waals surface area contributed by atoms with Crippen LogP contribution in [0, 0.1) is 0 Å². The number of rotatable bonds is 4. The maximum atomic E-state index is 12.4. The summed E-state index contributed by atoms with van der Waals surface area (Å²) in [6, 6.07) is 1.67. The molecule has 1 heterocycles. The van der Waals surface area contributed by atoms with Crippen molar-refractivity contribution in [3.63, 3.8) is 0 Å². The molecule has 6 nitrogen and oxygen atoms in total. The lowest BCUT2D eigenvalue weighted by molar-refractivity contribution is 0.256. The third-order valence-corrected chi connectivity index (χ3v) is 6.52. The number of fused-ring (bicyclic) bond motifs is 2. The van der Waals surface area contributed by atoms with Crippen molar-refractivity contribution in [1.82, 2.24) is 10.0 Å². The first-order valence-corrected chi connectivity index (χ1v) is 11.0. The van der Waals surface area contributed by atoms with Gasteiger partial charge in [-0.15, -0.1) is 0 Å². The van der Waals surface area contributed by atoms with Crippen LogP contribution >= 0.6 is 0 Å². The summed E-state index contributed by atoms with van der Waals surface area (Å²) in [7, 11) is -3.80. The van der Waals surface area contributed by atoms with Gasteiger partial charge in [0.05, 0.1) is 0 Å². The third-order valence-electron chi connectivity index (χ3n) is 5.53. The van der Waals surface area contributed by atoms with Crippen molar-refractivity contribution < 1.29 is 13.2 Å². The number of nitrogens with one attached hydrogen (secondary N) is 3. The van der Waals surface area contributed by atoms with E-state index < -0.39 is 16.1 Å². The summed E-state index contributed by atoms with van der Waals surface area (Å²) in [4.78, 5) is 12.4. The molecule has 2 aliphatic carbocycles. The van der Waals surface area contributed by atoms with E-state index in [1.54, 1.807) is 6.08 Å². The van der Waals surface area contributed by atoms with Crippen molar-refractivity contribution in [3.05, 3.63) is 39.8 Å². The Labute approximate surface area is 154 Å². The lowest BCUT2D eigenvalue weighted by Gasteiger charge is -2.16. The summed E-state index contributed by atoms with van der Waals surface area (Å²) < 4.78 is 26.5. The van der Waals surface area contributed by atoms with Crippen LogP contribution in [0.25, 0.3) is 0 Å². The van der Waals surface area contributed by atoms with Gasteiger partial charge in [0.25, 0.3) is 10.0 Å². The highest BCUT2D eigenvalue weighted by Gasteiger charge is 2.25. The first-order chi connectivity index (χ1) is 12.5. The van der Waals surface area contributed by atoms with E-state index in [0.717, 1.165) is 69.0 Å².